The van der Waals surface area contributed by atoms with Gasteiger partial charge in [0.25, 0.3) is 0 Å². The number of halogens is 1. The first-order valence-electron chi connectivity index (χ1n) is 9.36. The first kappa shape index (κ1) is 18.7. The number of hydrogen-bond acceptors (Lipinski definition) is 4. The molecule has 0 saturated heterocycles. The summed E-state index contributed by atoms with van der Waals surface area (Å²) in [5.41, 5.74) is 7.78. The van der Waals surface area contributed by atoms with Crippen molar-refractivity contribution in [3.05, 3.63) is 58.7 Å². The third-order valence-corrected chi connectivity index (χ3v) is 6.01. The zero-order valence-electron chi connectivity index (χ0n) is 15.3. The van der Waals surface area contributed by atoms with Gasteiger partial charge >= 0.3 is 6.09 Å². The van der Waals surface area contributed by atoms with Crippen LogP contribution in [-0.4, -0.2) is 36.5 Å². The van der Waals surface area contributed by atoms with Gasteiger partial charge in [0.15, 0.2) is 5.82 Å². The zero-order chi connectivity index (χ0) is 19.7. The second kappa shape index (κ2) is 7.79. The van der Waals surface area contributed by atoms with Crippen molar-refractivity contribution in [2.45, 2.75) is 44.2 Å². The Balaban J connectivity index is 1.60. The van der Waals surface area contributed by atoms with Gasteiger partial charge in [-0.1, -0.05) is 36.8 Å². The summed E-state index contributed by atoms with van der Waals surface area (Å²) in [4.78, 5) is 22.4. The number of rotatable bonds is 4. The Kier molecular flexibility index (Phi) is 5.21. The van der Waals surface area contributed by atoms with E-state index in [4.69, 9.17) is 10.7 Å². The lowest BCUT2D eigenvalue weighted by molar-refractivity contribution is 0.102. The summed E-state index contributed by atoms with van der Waals surface area (Å²) in [5.74, 6) is 1.50. The van der Waals surface area contributed by atoms with Crippen LogP contribution in [0.1, 0.15) is 43.0 Å². The normalized spacial score (nSPS) is 19.6. The molecule has 1 amide bonds. The predicted molar refractivity (Wildman–Crippen MR) is 110 cm³/mol. The molecular formula is C20H22BrN5O2. The van der Waals surface area contributed by atoms with Crippen molar-refractivity contribution >= 4 is 33.4 Å². The maximum absolute atomic E-state index is 12.0. The van der Waals surface area contributed by atoms with Crippen LogP contribution in [-0.2, 0) is 6.54 Å². The van der Waals surface area contributed by atoms with Crippen molar-refractivity contribution in [2.24, 2.45) is 0 Å². The predicted octanol–water partition coefficient (Wildman–Crippen LogP) is 4.28. The van der Waals surface area contributed by atoms with Gasteiger partial charge in [-0.05, 0) is 40.8 Å². The maximum atomic E-state index is 12.0. The van der Waals surface area contributed by atoms with E-state index in [1.807, 2.05) is 40.9 Å². The first-order chi connectivity index (χ1) is 13.5. The molecule has 0 unspecified atom stereocenters. The number of nitrogen functional groups attached to an aromatic ring is 1. The van der Waals surface area contributed by atoms with E-state index in [9.17, 15) is 9.90 Å². The largest absolute Gasteiger partial charge is 0.465 e. The summed E-state index contributed by atoms with van der Waals surface area (Å²) in [7, 11) is 0. The highest BCUT2D eigenvalue weighted by atomic mass is 79.9. The molecule has 1 aliphatic carbocycles. The molecule has 2 aromatic heterocycles. The fraction of sp³-hybridized carbons (Fsp3) is 0.350. The van der Waals surface area contributed by atoms with Crippen LogP contribution < -0.4 is 5.73 Å². The maximum Gasteiger partial charge on any atom is 0.407 e. The minimum Gasteiger partial charge on any atom is -0.465 e. The minimum absolute atomic E-state index is 0.0400. The van der Waals surface area contributed by atoms with Crippen molar-refractivity contribution in [2.75, 3.05) is 5.73 Å². The molecule has 8 heteroatoms. The van der Waals surface area contributed by atoms with Crippen LogP contribution >= 0.6 is 15.9 Å². The molecule has 0 spiro atoms. The van der Waals surface area contributed by atoms with E-state index in [1.54, 1.807) is 11.1 Å². The molecule has 0 aliphatic heterocycles. The summed E-state index contributed by atoms with van der Waals surface area (Å²) in [6.07, 6.45) is 6.19. The first-order valence-corrected chi connectivity index (χ1v) is 10.2. The molecule has 1 saturated carbocycles. The number of benzene rings is 1. The number of imidazole rings is 1. The van der Waals surface area contributed by atoms with Gasteiger partial charge in [0, 0.05) is 30.9 Å². The smallest absolute Gasteiger partial charge is 0.407 e. The highest BCUT2D eigenvalue weighted by Gasteiger charge is 2.32. The third-order valence-electron chi connectivity index (χ3n) is 5.46. The van der Waals surface area contributed by atoms with Gasteiger partial charge in [-0.25, -0.2) is 14.8 Å². The van der Waals surface area contributed by atoms with E-state index in [-0.39, 0.29) is 12.0 Å². The molecule has 4 rings (SSSR count). The van der Waals surface area contributed by atoms with Gasteiger partial charge < -0.3 is 15.7 Å². The van der Waals surface area contributed by atoms with Crippen LogP contribution in [0.3, 0.4) is 0 Å². The van der Waals surface area contributed by atoms with Gasteiger partial charge in [-0.2, -0.15) is 0 Å². The Morgan fingerprint density at radius 2 is 2.11 bits per heavy atom. The van der Waals surface area contributed by atoms with E-state index in [0.717, 1.165) is 42.6 Å². The molecule has 0 radical (unpaired) electrons. The van der Waals surface area contributed by atoms with E-state index in [1.165, 1.54) is 0 Å². The lowest BCUT2D eigenvalue weighted by Gasteiger charge is -2.35. The number of fused-ring (bicyclic) bond motifs is 1. The fourth-order valence-electron chi connectivity index (χ4n) is 4.15. The highest BCUT2D eigenvalue weighted by molar-refractivity contribution is 9.10. The van der Waals surface area contributed by atoms with Gasteiger partial charge in [-0.3, -0.25) is 4.40 Å². The van der Waals surface area contributed by atoms with Crippen molar-refractivity contribution in [1.82, 2.24) is 19.3 Å². The second-order valence-corrected chi connectivity index (χ2v) is 7.96. The van der Waals surface area contributed by atoms with Crippen LogP contribution in [0.4, 0.5) is 10.6 Å². The minimum atomic E-state index is -0.878. The van der Waals surface area contributed by atoms with Gasteiger partial charge in [-0.15, -0.1) is 0 Å². The molecule has 0 bridgehead atoms. The Labute approximate surface area is 171 Å². The third kappa shape index (κ3) is 3.56. The second-order valence-electron chi connectivity index (χ2n) is 7.21. The van der Waals surface area contributed by atoms with Crippen LogP contribution in [0.25, 0.3) is 5.52 Å². The Morgan fingerprint density at radius 1 is 1.32 bits per heavy atom. The van der Waals surface area contributed by atoms with Gasteiger partial charge in [0.05, 0.1) is 0 Å². The SMILES string of the molecule is Nc1nccn2c([C@H]3CCC[C@H](N(Cc4ccccc4)C(=O)O)C3)nc(Br)c12. The number of carbonyl (C=O) groups is 1. The monoisotopic (exact) mass is 443 g/mol. The molecule has 146 valence electrons. The summed E-state index contributed by atoms with van der Waals surface area (Å²) >= 11 is 3.49. The summed E-state index contributed by atoms with van der Waals surface area (Å²) in [5, 5.41) is 9.83. The van der Waals surface area contributed by atoms with Crippen molar-refractivity contribution < 1.29 is 9.90 Å². The molecule has 2 heterocycles. The van der Waals surface area contributed by atoms with Crippen LogP contribution in [0.15, 0.2) is 47.3 Å². The average Bonchev–Trinajstić information content (AvgIpc) is 3.05. The number of nitrogens with two attached hydrogens (primary N) is 1. The average molecular weight is 444 g/mol. The summed E-state index contributed by atoms with van der Waals surface area (Å²) in [6.45, 7) is 0.399. The van der Waals surface area contributed by atoms with Crippen LogP contribution in [0.2, 0.25) is 0 Å². The molecule has 28 heavy (non-hydrogen) atoms. The molecule has 3 N–H and O–H groups in total. The van der Waals surface area contributed by atoms with Crippen molar-refractivity contribution in [1.29, 1.82) is 0 Å². The number of carboxylic acid groups (broad SMARTS) is 1. The Bertz CT molecular complexity index is 991. The van der Waals surface area contributed by atoms with Crippen LogP contribution in [0.5, 0.6) is 0 Å². The number of anilines is 1. The molecule has 2 atom stereocenters. The van der Waals surface area contributed by atoms with Crippen molar-refractivity contribution in [3.63, 3.8) is 0 Å². The Hall–Kier alpha value is -2.61. The lowest BCUT2D eigenvalue weighted by Crippen LogP contribution is -2.41. The Morgan fingerprint density at radius 3 is 2.86 bits per heavy atom. The topological polar surface area (TPSA) is 96.8 Å². The van der Waals surface area contributed by atoms with E-state index in [0.29, 0.717) is 17.0 Å². The molecule has 3 aromatic rings. The summed E-state index contributed by atoms with van der Waals surface area (Å²) < 4.78 is 2.65. The van der Waals surface area contributed by atoms with Crippen molar-refractivity contribution in [3.8, 4) is 0 Å². The van der Waals surface area contributed by atoms with E-state index in [2.05, 4.69) is 20.9 Å². The zero-order valence-corrected chi connectivity index (χ0v) is 16.9. The molecule has 7 nitrogen and oxygen atoms in total. The number of amides is 1. The lowest BCUT2D eigenvalue weighted by atomic mass is 9.84. The number of hydrogen-bond donors (Lipinski definition) is 2. The van der Waals surface area contributed by atoms with Gasteiger partial charge in [0.2, 0.25) is 0 Å². The standard InChI is InChI=1S/C20H22BrN5O2/c21-17-16-18(22)23-9-10-25(16)19(24-17)14-7-4-8-15(11-14)26(20(27)28)12-13-5-2-1-3-6-13/h1-3,5-6,9-10,14-15H,4,7-8,11-12H2,(H2,22,23)(H,27,28)/t14-,15-/m0/s1. The van der Waals surface area contributed by atoms with Gasteiger partial charge in [0.1, 0.15) is 15.9 Å². The van der Waals surface area contributed by atoms with E-state index >= 15 is 0 Å². The van der Waals surface area contributed by atoms with E-state index < -0.39 is 6.09 Å². The molecule has 1 aliphatic rings. The highest BCUT2D eigenvalue weighted by Crippen LogP contribution is 2.37. The fourth-order valence-corrected chi connectivity index (χ4v) is 4.72. The molecule has 1 fully saturated rings. The number of aromatic nitrogens is 3. The quantitative estimate of drug-likeness (QED) is 0.626. The molecular weight excluding hydrogens is 422 g/mol. The summed E-state index contributed by atoms with van der Waals surface area (Å²) in [6, 6.07) is 9.70. The van der Waals surface area contributed by atoms with Crippen LogP contribution in [0, 0.1) is 0 Å². The molecule has 1 aromatic carbocycles. The number of nitrogens with zero attached hydrogens (tertiary/aromatic N) is 4.